The second kappa shape index (κ2) is 5.85. The molecule has 0 aromatic heterocycles. The highest BCUT2D eigenvalue weighted by atomic mass is 79.9. The Bertz CT molecular complexity index is 559. The first kappa shape index (κ1) is 14.7. The van der Waals surface area contributed by atoms with Crippen LogP contribution < -0.4 is 9.47 Å². The van der Waals surface area contributed by atoms with Crippen LogP contribution >= 0.6 is 15.9 Å². The molecular weight excluding hydrogens is 338 g/mol. The predicted octanol–water partition coefficient (Wildman–Crippen LogP) is 2.66. The second-order valence-electron chi connectivity index (χ2n) is 5.50. The first-order valence-corrected chi connectivity index (χ1v) is 7.92. The largest absolute Gasteiger partial charge is 0.486 e. The van der Waals surface area contributed by atoms with Crippen LogP contribution in [0.2, 0.25) is 0 Å². The van der Waals surface area contributed by atoms with Gasteiger partial charge in [0, 0.05) is 17.1 Å². The lowest BCUT2D eigenvalue weighted by Gasteiger charge is -2.27. The quantitative estimate of drug-likeness (QED) is 0.879. The van der Waals surface area contributed by atoms with Crippen LogP contribution in [0.1, 0.15) is 25.3 Å². The van der Waals surface area contributed by atoms with Gasteiger partial charge in [0.2, 0.25) is 0 Å². The molecule has 1 aromatic carbocycles. The molecule has 1 unspecified atom stereocenters. The molecule has 1 saturated carbocycles. The van der Waals surface area contributed by atoms with Crippen LogP contribution in [-0.2, 0) is 11.3 Å². The van der Waals surface area contributed by atoms with E-state index in [-0.39, 0.29) is 0 Å². The van der Waals surface area contributed by atoms with Crippen molar-refractivity contribution in [1.29, 1.82) is 0 Å². The number of hydrogen-bond donors (Lipinski definition) is 1. The molecule has 1 fully saturated rings. The number of hydrogen-bond acceptors (Lipinski definition) is 4. The molecule has 0 bridgehead atoms. The van der Waals surface area contributed by atoms with Gasteiger partial charge in [-0.05, 0) is 37.5 Å². The standard InChI is InChI=1S/C15H18BrNO4/c1-9(15(18)19)17(11-2-3-11)8-10-6-13-14(7-12(10)16)21-5-4-20-13/h6-7,9,11H,2-5,8H2,1H3,(H,18,19). The average Bonchev–Trinajstić information content (AvgIpc) is 3.28. The van der Waals surface area contributed by atoms with Crippen molar-refractivity contribution in [3.05, 3.63) is 22.2 Å². The Morgan fingerprint density at radius 3 is 2.57 bits per heavy atom. The summed E-state index contributed by atoms with van der Waals surface area (Å²) in [5.74, 6) is 0.690. The number of halogens is 1. The number of ether oxygens (including phenoxy) is 2. The summed E-state index contributed by atoms with van der Waals surface area (Å²) in [5.41, 5.74) is 1.03. The fraction of sp³-hybridized carbons (Fsp3) is 0.533. The number of carbonyl (C=O) groups is 1. The van der Waals surface area contributed by atoms with Gasteiger partial charge in [0.1, 0.15) is 19.3 Å². The van der Waals surface area contributed by atoms with Crippen molar-refractivity contribution in [2.24, 2.45) is 0 Å². The highest BCUT2D eigenvalue weighted by Crippen LogP contribution is 2.38. The van der Waals surface area contributed by atoms with Gasteiger partial charge in [0.25, 0.3) is 0 Å². The molecule has 0 saturated heterocycles. The van der Waals surface area contributed by atoms with Crippen LogP contribution in [0.25, 0.3) is 0 Å². The second-order valence-corrected chi connectivity index (χ2v) is 6.36. The van der Waals surface area contributed by atoms with Crippen LogP contribution in [0, 0.1) is 0 Å². The Morgan fingerprint density at radius 2 is 2.00 bits per heavy atom. The third-order valence-corrected chi connectivity index (χ3v) is 4.67. The lowest BCUT2D eigenvalue weighted by Crippen LogP contribution is -2.40. The van der Waals surface area contributed by atoms with Gasteiger partial charge in [0.15, 0.2) is 11.5 Å². The van der Waals surface area contributed by atoms with Gasteiger partial charge in [-0.25, -0.2) is 0 Å². The number of fused-ring (bicyclic) bond motifs is 1. The summed E-state index contributed by atoms with van der Waals surface area (Å²) in [6.07, 6.45) is 2.14. The van der Waals surface area contributed by atoms with Crippen molar-refractivity contribution in [3.63, 3.8) is 0 Å². The maximum absolute atomic E-state index is 11.3. The molecule has 1 atom stereocenters. The fourth-order valence-electron chi connectivity index (χ4n) is 2.55. The van der Waals surface area contributed by atoms with Crippen LogP contribution in [0.5, 0.6) is 11.5 Å². The normalized spacial score (nSPS) is 18.6. The van der Waals surface area contributed by atoms with Crippen molar-refractivity contribution >= 4 is 21.9 Å². The van der Waals surface area contributed by atoms with Crippen molar-refractivity contribution in [3.8, 4) is 11.5 Å². The lowest BCUT2D eigenvalue weighted by molar-refractivity contribution is -0.143. The van der Waals surface area contributed by atoms with E-state index >= 15 is 0 Å². The van der Waals surface area contributed by atoms with Gasteiger partial charge < -0.3 is 14.6 Å². The van der Waals surface area contributed by atoms with Crippen LogP contribution in [0.3, 0.4) is 0 Å². The molecule has 1 N–H and O–H groups in total. The molecule has 1 heterocycles. The van der Waals surface area contributed by atoms with Crippen LogP contribution in [0.4, 0.5) is 0 Å². The van der Waals surface area contributed by atoms with Gasteiger partial charge in [-0.1, -0.05) is 15.9 Å². The van der Waals surface area contributed by atoms with E-state index in [9.17, 15) is 9.90 Å². The summed E-state index contributed by atoms with van der Waals surface area (Å²) < 4.78 is 12.1. The molecule has 6 heteroatoms. The minimum absolute atomic E-state index is 0.371. The molecule has 5 nitrogen and oxygen atoms in total. The summed E-state index contributed by atoms with van der Waals surface area (Å²) in [6.45, 7) is 3.44. The third kappa shape index (κ3) is 3.16. The lowest BCUT2D eigenvalue weighted by atomic mass is 10.1. The van der Waals surface area contributed by atoms with E-state index in [0.717, 1.165) is 34.4 Å². The maximum Gasteiger partial charge on any atom is 0.320 e. The molecule has 21 heavy (non-hydrogen) atoms. The van der Waals surface area contributed by atoms with Crippen LogP contribution in [-0.4, -0.2) is 41.3 Å². The average molecular weight is 356 g/mol. The topological polar surface area (TPSA) is 59.0 Å². The molecule has 1 aliphatic heterocycles. The molecule has 0 radical (unpaired) electrons. The van der Waals surface area contributed by atoms with E-state index in [4.69, 9.17) is 9.47 Å². The zero-order chi connectivity index (χ0) is 15.0. The Kier molecular flexibility index (Phi) is 4.08. The van der Waals surface area contributed by atoms with Crippen molar-refractivity contribution < 1.29 is 19.4 Å². The van der Waals surface area contributed by atoms with E-state index in [0.29, 0.717) is 25.8 Å². The summed E-state index contributed by atoms with van der Waals surface area (Å²) in [6, 6.07) is 3.73. The zero-order valence-corrected chi connectivity index (χ0v) is 13.4. The third-order valence-electron chi connectivity index (χ3n) is 3.93. The highest BCUT2D eigenvalue weighted by Gasteiger charge is 2.35. The fourth-order valence-corrected chi connectivity index (χ4v) is 3.00. The van der Waals surface area contributed by atoms with Gasteiger partial charge in [0.05, 0.1) is 0 Å². The summed E-state index contributed by atoms with van der Waals surface area (Å²) in [5, 5.41) is 9.27. The molecule has 2 aliphatic rings. The minimum Gasteiger partial charge on any atom is -0.486 e. The molecule has 1 aliphatic carbocycles. The van der Waals surface area contributed by atoms with E-state index in [2.05, 4.69) is 15.9 Å². The molecule has 114 valence electrons. The first-order valence-electron chi connectivity index (χ1n) is 7.13. The molecule has 3 rings (SSSR count). The smallest absolute Gasteiger partial charge is 0.320 e. The molecule has 1 aromatic rings. The van der Waals surface area contributed by atoms with Gasteiger partial charge in [-0.3, -0.25) is 9.69 Å². The van der Waals surface area contributed by atoms with Gasteiger partial charge in [-0.2, -0.15) is 0 Å². The molecular formula is C15H18BrNO4. The monoisotopic (exact) mass is 355 g/mol. The number of aliphatic carboxylic acids is 1. The minimum atomic E-state index is -0.782. The molecule has 0 amide bonds. The van der Waals surface area contributed by atoms with E-state index < -0.39 is 12.0 Å². The zero-order valence-electron chi connectivity index (χ0n) is 11.8. The number of carboxylic acids is 1. The number of benzene rings is 1. The van der Waals surface area contributed by atoms with Crippen molar-refractivity contribution in [2.45, 2.75) is 38.4 Å². The Balaban J connectivity index is 1.84. The molecule has 0 spiro atoms. The number of carboxylic acid groups (broad SMARTS) is 1. The Labute approximate surface area is 132 Å². The Morgan fingerprint density at radius 1 is 1.38 bits per heavy atom. The first-order chi connectivity index (χ1) is 10.1. The van der Waals surface area contributed by atoms with Gasteiger partial charge in [-0.15, -0.1) is 0 Å². The van der Waals surface area contributed by atoms with Gasteiger partial charge >= 0.3 is 5.97 Å². The van der Waals surface area contributed by atoms with Crippen molar-refractivity contribution in [1.82, 2.24) is 4.90 Å². The summed E-state index contributed by atoms with van der Waals surface area (Å²) in [4.78, 5) is 13.3. The summed E-state index contributed by atoms with van der Waals surface area (Å²) in [7, 11) is 0. The summed E-state index contributed by atoms with van der Waals surface area (Å²) >= 11 is 3.55. The number of rotatable bonds is 5. The van der Waals surface area contributed by atoms with E-state index in [1.165, 1.54) is 0 Å². The van der Waals surface area contributed by atoms with E-state index in [1.807, 2.05) is 17.0 Å². The predicted molar refractivity (Wildman–Crippen MR) is 80.8 cm³/mol. The highest BCUT2D eigenvalue weighted by molar-refractivity contribution is 9.10. The number of nitrogens with zero attached hydrogens (tertiary/aromatic N) is 1. The van der Waals surface area contributed by atoms with Crippen LogP contribution in [0.15, 0.2) is 16.6 Å². The van der Waals surface area contributed by atoms with Crippen molar-refractivity contribution in [2.75, 3.05) is 13.2 Å². The Hall–Kier alpha value is -1.27. The maximum atomic E-state index is 11.3. The van der Waals surface area contributed by atoms with E-state index in [1.54, 1.807) is 6.92 Å². The SMILES string of the molecule is CC(C(=O)O)N(Cc1cc2c(cc1Br)OCCO2)C1CC1.